The van der Waals surface area contributed by atoms with Gasteiger partial charge in [0, 0.05) is 17.4 Å². The van der Waals surface area contributed by atoms with E-state index in [0.717, 1.165) is 5.57 Å². The number of aliphatic hydroxyl groups excluding tert-OH is 10. The fourth-order valence-electron chi connectivity index (χ4n) is 8.14. The number of fused-ring (bicyclic) bond motifs is 3. The second kappa shape index (κ2) is 15.4. The summed E-state index contributed by atoms with van der Waals surface area (Å²) >= 11 is 0. The lowest BCUT2D eigenvalue weighted by molar-refractivity contribution is -0.381. The van der Waals surface area contributed by atoms with Crippen molar-refractivity contribution in [2.24, 2.45) is 17.8 Å². The van der Waals surface area contributed by atoms with Gasteiger partial charge >= 0.3 is 5.97 Å². The van der Waals surface area contributed by atoms with Crippen LogP contribution in [0.1, 0.15) is 19.3 Å². The second-order valence-electron chi connectivity index (χ2n) is 14.1. The van der Waals surface area contributed by atoms with E-state index >= 15 is 0 Å². The van der Waals surface area contributed by atoms with E-state index in [1.165, 1.54) is 0 Å². The summed E-state index contributed by atoms with van der Waals surface area (Å²) in [5.41, 5.74) is 1.92. The number of rotatable bonds is 9. The second-order valence-corrected chi connectivity index (χ2v) is 14.1. The molecule has 2 aliphatic carbocycles. The topological polar surface area (TPSA) is 284 Å². The SMILES string of the molecule is C=C1[C@@H]2[C@H]3OC(=O)C(=C)[C@@H]3CCC(=C)[C@@H]2C[C@@H]1O[C@@H]1O[C@H](CO)[C@@H](O[C@@H]2O[C@H](CO)[C@@H](O)[C@H](O[C@@H]3O[C@H](CO)[C@@H](O)[C@H](O)[C@H]3O)[C@@H]2O)[C@H](O)[C@H]1O. The number of aliphatic hydroxyl groups is 10. The summed E-state index contributed by atoms with van der Waals surface area (Å²) in [7, 11) is 0. The molecule has 4 saturated heterocycles. The molecule has 20 atom stereocenters. The van der Waals surface area contributed by atoms with Crippen molar-refractivity contribution in [3.63, 3.8) is 0 Å². The molecule has 0 aromatic carbocycles. The molecule has 0 bridgehead atoms. The van der Waals surface area contributed by atoms with Crippen molar-refractivity contribution in [3.8, 4) is 0 Å². The smallest absolute Gasteiger partial charge is 0.334 e. The summed E-state index contributed by atoms with van der Waals surface area (Å²) in [6, 6.07) is 0. The van der Waals surface area contributed by atoms with Gasteiger partial charge in [0.05, 0.1) is 25.9 Å². The van der Waals surface area contributed by atoms with Crippen LogP contribution in [0.25, 0.3) is 0 Å². The molecule has 6 fully saturated rings. The minimum atomic E-state index is -1.94. The number of esters is 1. The largest absolute Gasteiger partial charge is 0.458 e. The van der Waals surface area contributed by atoms with Crippen LogP contribution in [0.3, 0.4) is 0 Å². The van der Waals surface area contributed by atoms with Crippen LogP contribution in [0.5, 0.6) is 0 Å². The van der Waals surface area contributed by atoms with Gasteiger partial charge in [0.2, 0.25) is 0 Å². The van der Waals surface area contributed by atoms with Gasteiger partial charge in [0.25, 0.3) is 0 Å². The monoisotopic (exact) mass is 732 g/mol. The molecule has 6 aliphatic rings. The maximum atomic E-state index is 12.4. The Labute approximate surface area is 292 Å². The molecule has 2 saturated carbocycles. The number of ether oxygens (including phenoxy) is 7. The minimum absolute atomic E-state index is 0.149. The molecule has 0 amide bonds. The lowest BCUT2D eigenvalue weighted by Gasteiger charge is -2.48. The van der Waals surface area contributed by atoms with Crippen molar-refractivity contribution in [1.29, 1.82) is 0 Å². The first-order chi connectivity index (χ1) is 24.2. The zero-order valence-electron chi connectivity index (χ0n) is 27.6. The molecule has 4 heterocycles. The quantitative estimate of drug-likeness (QED) is 0.0607. The van der Waals surface area contributed by atoms with Crippen molar-refractivity contribution >= 4 is 5.97 Å². The third kappa shape index (κ3) is 6.95. The highest BCUT2D eigenvalue weighted by molar-refractivity contribution is 5.91. The van der Waals surface area contributed by atoms with E-state index in [-0.39, 0.29) is 17.8 Å². The zero-order chi connectivity index (χ0) is 37.0. The van der Waals surface area contributed by atoms with Crippen molar-refractivity contribution in [1.82, 2.24) is 0 Å². The predicted octanol–water partition coefficient (Wildman–Crippen LogP) is -4.54. The van der Waals surface area contributed by atoms with Crippen LogP contribution in [-0.2, 0) is 38.0 Å². The van der Waals surface area contributed by atoms with Gasteiger partial charge in [-0.1, -0.05) is 25.3 Å². The highest BCUT2D eigenvalue weighted by Gasteiger charge is 2.57. The Kier molecular flexibility index (Phi) is 11.7. The van der Waals surface area contributed by atoms with Gasteiger partial charge in [0.1, 0.15) is 79.4 Å². The Hall–Kier alpha value is -1.95. The molecule has 0 aromatic heterocycles. The molecule has 10 N–H and O–H groups in total. The first-order valence-corrected chi connectivity index (χ1v) is 17.0. The molecule has 0 radical (unpaired) electrons. The molecule has 51 heavy (non-hydrogen) atoms. The highest BCUT2D eigenvalue weighted by atomic mass is 16.8. The first-order valence-electron chi connectivity index (χ1n) is 17.0. The standard InChI is InChI=1S/C33H48O18/c1-10-4-5-13-11(2)30(44)49-27(13)19-12(3)15(6-14(10)19)45-31-25(42)23(40)28(18(9-36)48-31)50-33-26(43)29(21(38)17(8-35)47-33)51-32-24(41)22(39)20(37)16(7-34)46-32/h13-29,31-43H,1-9H2/t13-,14-,15-,16+,17+,18+,19-,20+,21+,22-,23+,24+,25+,26-,27-,28+,29-,31+,32-,33-/m0/s1. The maximum absolute atomic E-state index is 12.4. The van der Waals surface area contributed by atoms with Crippen LogP contribution in [0.15, 0.2) is 36.5 Å². The fourth-order valence-corrected chi connectivity index (χ4v) is 8.14. The summed E-state index contributed by atoms with van der Waals surface area (Å²) in [5.74, 6) is -1.14. The third-order valence-corrected chi connectivity index (χ3v) is 11.1. The van der Waals surface area contributed by atoms with Crippen LogP contribution in [-0.4, -0.2) is 181 Å². The number of carbonyl (C=O) groups excluding carboxylic acids is 1. The summed E-state index contributed by atoms with van der Waals surface area (Å²) < 4.78 is 40.0. The van der Waals surface area contributed by atoms with Gasteiger partial charge in [-0.2, -0.15) is 0 Å². The summed E-state index contributed by atoms with van der Waals surface area (Å²) in [5, 5.41) is 105. The molecule has 0 unspecified atom stereocenters. The van der Waals surface area contributed by atoms with E-state index in [9.17, 15) is 55.9 Å². The Bertz CT molecular complexity index is 1310. The van der Waals surface area contributed by atoms with Crippen LogP contribution in [0, 0.1) is 17.8 Å². The van der Waals surface area contributed by atoms with Crippen LogP contribution in [0.2, 0.25) is 0 Å². The van der Waals surface area contributed by atoms with E-state index in [0.29, 0.717) is 30.4 Å². The lowest BCUT2D eigenvalue weighted by atomic mass is 9.82. The fraction of sp³-hybridized carbons (Fsp3) is 0.788. The van der Waals surface area contributed by atoms with E-state index in [2.05, 4.69) is 19.7 Å². The Morgan fingerprint density at radius 2 is 1.18 bits per heavy atom. The normalized spacial score (nSPS) is 50.5. The van der Waals surface area contributed by atoms with Gasteiger partial charge in [0.15, 0.2) is 18.9 Å². The summed E-state index contributed by atoms with van der Waals surface area (Å²) in [4.78, 5) is 12.4. The number of carbonyl (C=O) groups is 1. The van der Waals surface area contributed by atoms with Crippen LogP contribution in [0.4, 0.5) is 0 Å². The van der Waals surface area contributed by atoms with Gasteiger partial charge < -0.3 is 84.2 Å². The summed E-state index contributed by atoms with van der Waals surface area (Å²) in [6.45, 7) is 9.99. The molecule has 6 rings (SSSR count). The van der Waals surface area contributed by atoms with Gasteiger partial charge in [-0.15, -0.1) is 0 Å². The van der Waals surface area contributed by atoms with Crippen molar-refractivity contribution < 1.29 is 89.0 Å². The first kappa shape index (κ1) is 38.8. The van der Waals surface area contributed by atoms with Crippen molar-refractivity contribution in [2.75, 3.05) is 19.8 Å². The Morgan fingerprint density at radius 1 is 0.627 bits per heavy atom. The maximum Gasteiger partial charge on any atom is 0.334 e. The molecule has 0 aromatic rings. The van der Waals surface area contributed by atoms with Gasteiger partial charge in [-0.05, 0) is 30.8 Å². The predicted molar refractivity (Wildman–Crippen MR) is 166 cm³/mol. The van der Waals surface area contributed by atoms with E-state index in [1.54, 1.807) is 0 Å². The van der Waals surface area contributed by atoms with E-state index in [1.807, 2.05) is 0 Å². The zero-order valence-corrected chi connectivity index (χ0v) is 27.6. The van der Waals surface area contributed by atoms with Gasteiger partial charge in [-0.25, -0.2) is 4.79 Å². The number of allylic oxidation sites excluding steroid dienone is 1. The Balaban J connectivity index is 1.14. The van der Waals surface area contributed by atoms with E-state index in [4.69, 9.17) is 33.2 Å². The Morgan fingerprint density at radius 3 is 1.82 bits per heavy atom. The summed E-state index contributed by atoms with van der Waals surface area (Å²) in [6.07, 6.45) is -25.0. The third-order valence-electron chi connectivity index (χ3n) is 11.1. The van der Waals surface area contributed by atoms with Crippen LogP contribution < -0.4 is 0 Å². The van der Waals surface area contributed by atoms with Crippen molar-refractivity contribution in [3.05, 3.63) is 36.5 Å². The minimum Gasteiger partial charge on any atom is -0.458 e. The van der Waals surface area contributed by atoms with Crippen molar-refractivity contribution in [2.45, 2.75) is 124 Å². The molecule has 18 nitrogen and oxygen atoms in total. The lowest BCUT2D eigenvalue weighted by Crippen LogP contribution is -2.67. The van der Waals surface area contributed by atoms with E-state index < -0.39 is 130 Å². The van der Waals surface area contributed by atoms with Crippen LogP contribution >= 0.6 is 0 Å². The molecule has 18 heteroatoms. The molecule has 0 spiro atoms. The highest BCUT2D eigenvalue weighted by Crippen LogP contribution is 2.53. The number of hydrogen-bond donors (Lipinski definition) is 10. The number of hydrogen-bond acceptors (Lipinski definition) is 18. The average molecular weight is 733 g/mol. The molecular weight excluding hydrogens is 684 g/mol. The molecule has 4 aliphatic heterocycles. The molecule has 288 valence electrons. The average Bonchev–Trinajstić information content (AvgIpc) is 3.54. The van der Waals surface area contributed by atoms with Gasteiger partial charge in [-0.3, -0.25) is 0 Å². The molecular formula is C33H48O18.